The number of hydrogen-bond donors (Lipinski definition) is 1. The van der Waals surface area contributed by atoms with Crippen molar-refractivity contribution in [3.8, 4) is 11.5 Å². The highest BCUT2D eigenvalue weighted by Gasteiger charge is 2.35. The summed E-state index contributed by atoms with van der Waals surface area (Å²) < 4.78 is 74.3. The van der Waals surface area contributed by atoms with E-state index in [1.54, 1.807) is 20.8 Å². The molecule has 0 radical (unpaired) electrons. The van der Waals surface area contributed by atoms with Crippen LogP contribution in [0, 0.1) is 0 Å². The molecule has 3 aromatic rings. The Kier molecular flexibility index (Phi) is 7.62. The van der Waals surface area contributed by atoms with Crippen molar-refractivity contribution in [2.24, 2.45) is 0 Å². The van der Waals surface area contributed by atoms with E-state index < -0.39 is 37.7 Å². The number of ether oxygens (including phenoxy) is 1. The highest BCUT2D eigenvalue weighted by molar-refractivity contribution is 7.92. The Morgan fingerprint density at radius 1 is 1.20 bits per heavy atom. The maximum Gasteiger partial charge on any atom is 0.417 e. The standard InChI is InChI=1S/C20H18Cl2F3N5O4S/c1-4-34-19(31)18-28-27-17(30(18)10(2)3)16-15(7-11(21)9-26-16)29-35(32,33)12-5-6-14(22)13(8-12)20(23,24)25/h5-10,29H,4H2,1-3H3. The maximum absolute atomic E-state index is 13.2. The molecule has 0 aliphatic carbocycles. The number of anilines is 1. The number of halogens is 5. The third-order valence-electron chi connectivity index (χ3n) is 4.53. The van der Waals surface area contributed by atoms with Crippen LogP contribution >= 0.6 is 23.2 Å². The molecule has 15 heteroatoms. The summed E-state index contributed by atoms with van der Waals surface area (Å²) in [7, 11) is -4.57. The monoisotopic (exact) mass is 551 g/mol. The fourth-order valence-corrected chi connectivity index (χ4v) is 4.53. The van der Waals surface area contributed by atoms with Crippen molar-refractivity contribution in [3.05, 3.63) is 51.9 Å². The fraction of sp³-hybridized carbons (Fsp3) is 0.300. The molecule has 0 spiro atoms. The molecular weight excluding hydrogens is 534 g/mol. The molecule has 3 rings (SSSR count). The van der Waals surface area contributed by atoms with E-state index in [2.05, 4.69) is 19.9 Å². The van der Waals surface area contributed by atoms with Crippen molar-refractivity contribution in [2.45, 2.75) is 37.9 Å². The minimum Gasteiger partial charge on any atom is -0.460 e. The Labute approximate surface area is 208 Å². The Hall–Kier alpha value is -2.90. The molecule has 0 aliphatic rings. The molecule has 35 heavy (non-hydrogen) atoms. The second kappa shape index (κ2) is 9.99. The van der Waals surface area contributed by atoms with Gasteiger partial charge in [0.15, 0.2) is 5.82 Å². The summed E-state index contributed by atoms with van der Waals surface area (Å²) in [4.78, 5) is 15.7. The van der Waals surface area contributed by atoms with E-state index in [1.165, 1.54) is 16.8 Å². The number of benzene rings is 1. The fourth-order valence-electron chi connectivity index (χ4n) is 3.06. The SMILES string of the molecule is CCOC(=O)c1nnc(-c2ncc(Cl)cc2NS(=O)(=O)c2ccc(Cl)c(C(F)(F)F)c2)n1C(C)C. The molecule has 0 unspecified atom stereocenters. The van der Waals surface area contributed by atoms with Gasteiger partial charge in [0.25, 0.3) is 10.0 Å². The highest BCUT2D eigenvalue weighted by Crippen LogP contribution is 2.37. The number of sulfonamides is 1. The Morgan fingerprint density at radius 3 is 2.49 bits per heavy atom. The van der Waals surface area contributed by atoms with E-state index in [0.29, 0.717) is 6.07 Å². The van der Waals surface area contributed by atoms with E-state index in [1.807, 2.05) is 0 Å². The summed E-state index contributed by atoms with van der Waals surface area (Å²) in [6.07, 6.45) is -3.66. The molecule has 1 N–H and O–H groups in total. The zero-order chi connectivity index (χ0) is 26.1. The van der Waals surface area contributed by atoms with Crippen LogP contribution in [0.5, 0.6) is 0 Å². The molecule has 2 aromatic heterocycles. The molecule has 0 bridgehead atoms. The molecule has 1 aromatic carbocycles. The number of carbonyl (C=O) groups is 1. The van der Waals surface area contributed by atoms with Crippen LogP contribution in [-0.4, -0.2) is 40.7 Å². The Bertz CT molecular complexity index is 1380. The van der Waals surface area contributed by atoms with Crippen molar-refractivity contribution < 1.29 is 31.1 Å². The van der Waals surface area contributed by atoms with Crippen molar-refractivity contribution in [1.29, 1.82) is 0 Å². The quantitative estimate of drug-likeness (QED) is 0.400. The van der Waals surface area contributed by atoms with Crippen molar-refractivity contribution >= 4 is 44.9 Å². The summed E-state index contributed by atoms with van der Waals surface area (Å²) in [6.45, 7) is 5.15. The topological polar surface area (TPSA) is 116 Å². The minimum absolute atomic E-state index is 0.00417. The van der Waals surface area contributed by atoms with Gasteiger partial charge in [0.05, 0.1) is 32.8 Å². The lowest BCUT2D eigenvalue weighted by Gasteiger charge is -2.16. The molecule has 9 nitrogen and oxygen atoms in total. The van der Waals surface area contributed by atoms with Crippen LogP contribution in [0.4, 0.5) is 18.9 Å². The van der Waals surface area contributed by atoms with Gasteiger partial charge in [-0.1, -0.05) is 23.2 Å². The minimum atomic E-state index is -4.87. The second-order valence-electron chi connectivity index (χ2n) is 7.33. The van der Waals surface area contributed by atoms with Gasteiger partial charge in [-0.05, 0) is 45.0 Å². The van der Waals surface area contributed by atoms with Gasteiger partial charge in [0.2, 0.25) is 5.82 Å². The average molecular weight is 552 g/mol. The van der Waals surface area contributed by atoms with Crippen LogP contribution in [0.15, 0.2) is 35.4 Å². The molecule has 0 aliphatic heterocycles. The zero-order valence-corrected chi connectivity index (χ0v) is 20.7. The first kappa shape index (κ1) is 26.7. The van der Waals surface area contributed by atoms with Crippen LogP contribution in [0.1, 0.15) is 43.0 Å². The molecule has 0 saturated carbocycles. The predicted molar refractivity (Wildman–Crippen MR) is 122 cm³/mol. The first-order chi connectivity index (χ1) is 16.3. The summed E-state index contributed by atoms with van der Waals surface area (Å²) in [5, 5.41) is 7.19. The van der Waals surface area contributed by atoms with Crippen LogP contribution < -0.4 is 4.72 Å². The summed E-state index contributed by atoms with van der Waals surface area (Å²) in [6, 6.07) is 2.99. The zero-order valence-electron chi connectivity index (χ0n) is 18.4. The number of nitrogens with one attached hydrogen (secondary N) is 1. The van der Waals surface area contributed by atoms with E-state index in [-0.39, 0.29) is 40.7 Å². The van der Waals surface area contributed by atoms with E-state index in [9.17, 15) is 26.4 Å². The third-order valence-corrected chi connectivity index (χ3v) is 6.43. The third kappa shape index (κ3) is 5.68. The number of rotatable bonds is 7. The summed E-state index contributed by atoms with van der Waals surface area (Å²) >= 11 is 11.6. The smallest absolute Gasteiger partial charge is 0.417 e. The van der Waals surface area contributed by atoms with Gasteiger partial charge < -0.3 is 4.74 Å². The number of aromatic nitrogens is 4. The van der Waals surface area contributed by atoms with Crippen LogP contribution in [0.2, 0.25) is 10.0 Å². The first-order valence-electron chi connectivity index (χ1n) is 9.93. The number of pyridine rings is 1. The molecule has 188 valence electrons. The number of hydrogen-bond acceptors (Lipinski definition) is 7. The molecule has 2 heterocycles. The lowest BCUT2D eigenvalue weighted by molar-refractivity contribution is -0.137. The number of carbonyl (C=O) groups excluding carboxylic acids is 1. The van der Waals surface area contributed by atoms with Crippen LogP contribution in [-0.2, 0) is 20.9 Å². The molecule has 0 amide bonds. The van der Waals surface area contributed by atoms with Crippen LogP contribution in [0.3, 0.4) is 0 Å². The Balaban J connectivity index is 2.13. The Morgan fingerprint density at radius 2 is 1.89 bits per heavy atom. The molecular formula is C20H18Cl2F3N5O4S. The van der Waals surface area contributed by atoms with Gasteiger partial charge in [-0.3, -0.25) is 9.29 Å². The van der Waals surface area contributed by atoms with E-state index >= 15 is 0 Å². The van der Waals surface area contributed by atoms with E-state index in [0.717, 1.165) is 12.1 Å². The van der Waals surface area contributed by atoms with Gasteiger partial charge in [-0.25, -0.2) is 18.2 Å². The predicted octanol–water partition coefficient (Wildman–Crippen LogP) is 5.22. The lowest BCUT2D eigenvalue weighted by atomic mass is 10.2. The van der Waals surface area contributed by atoms with Gasteiger partial charge in [-0.15, -0.1) is 10.2 Å². The lowest BCUT2D eigenvalue weighted by Crippen LogP contribution is -2.18. The summed E-state index contributed by atoms with van der Waals surface area (Å²) in [5.41, 5.74) is -1.59. The van der Waals surface area contributed by atoms with Crippen molar-refractivity contribution in [2.75, 3.05) is 11.3 Å². The van der Waals surface area contributed by atoms with Crippen LogP contribution in [0.25, 0.3) is 11.5 Å². The van der Waals surface area contributed by atoms with E-state index in [4.69, 9.17) is 27.9 Å². The summed E-state index contributed by atoms with van der Waals surface area (Å²) in [5.74, 6) is -0.892. The van der Waals surface area contributed by atoms with Gasteiger partial charge in [-0.2, -0.15) is 13.2 Å². The molecule has 0 saturated heterocycles. The number of esters is 1. The number of alkyl halides is 3. The normalized spacial score (nSPS) is 12.1. The molecule has 0 fully saturated rings. The van der Waals surface area contributed by atoms with Crippen molar-refractivity contribution in [3.63, 3.8) is 0 Å². The maximum atomic E-state index is 13.2. The van der Waals surface area contributed by atoms with Crippen molar-refractivity contribution in [1.82, 2.24) is 19.7 Å². The number of nitrogens with zero attached hydrogens (tertiary/aromatic N) is 4. The van der Waals surface area contributed by atoms with Gasteiger partial charge in [0, 0.05) is 12.2 Å². The molecule has 0 atom stereocenters. The highest BCUT2D eigenvalue weighted by atomic mass is 35.5. The average Bonchev–Trinajstić information content (AvgIpc) is 3.18. The van der Waals surface area contributed by atoms with Gasteiger partial charge in [0.1, 0.15) is 5.69 Å². The largest absolute Gasteiger partial charge is 0.460 e. The first-order valence-corrected chi connectivity index (χ1v) is 12.2. The second-order valence-corrected chi connectivity index (χ2v) is 9.85. The van der Waals surface area contributed by atoms with Gasteiger partial charge >= 0.3 is 12.1 Å².